The number of nitrogens with zero attached hydrogens (tertiary/aromatic N) is 1. The van der Waals surface area contributed by atoms with Crippen LogP contribution in [0.25, 0.3) is 0 Å². The average molecular weight is 370 g/mol. The van der Waals surface area contributed by atoms with Crippen molar-refractivity contribution in [2.45, 2.75) is 60.6 Å². The molecule has 0 aromatic heterocycles. The third-order valence-electron chi connectivity index (χ3n) is 3.25. The van der Waals surface area contributed by atoms with Crippen LogP contribution >= 0.6 is 15.9 Å². The Bertz CT molecular complexity index is 509. The number of benzene rings is 1. The number of halogens is 1. The van der Waals surface area contributed by atoms with Gasteiger partial charge in [-0.2, -0.15) is 0 Å². The summed E-state index contributed by atoms with van der Waals surface area (Å²) in [6.07, 6.45) is -0.247. The highest BCUT2D eigenvalue weighted by Gasteiger charge is 2.23. The van der Waals surface area contributed by atoms with E-state index in [2.05, 4.69) is 55.8 Å². The zero-order valence-corrected chi connectivity index (χ0v) is 16.4. The van der Waals surface area contributed by atoms with E-state index in [1.165, 1.54) is 16.7 Å². The maximum Gasteiger partial charge on any atom is 0.410 e. The van der Waals surface area contributed by atoms with E-state index in [0.29, 0.717) is 19.0 Å². The van der Waals surface area contributed by atoms with Gasteiger partial charge in [-0.25, -0.2) is 4.79 Å². The molecule has 0 saturated carbocycles. The van der Waals surface area contributed by atoms with Crippen molar-refractivity contribution in [2.75, 3.05) is 6.54 Å². The average Bonchev–Trinajstić information content (AvgIpc) is 2.29. The fraction of sp³-hybridized carbons (Fsp3) is 0.611. The van der Waals surface area contributed by atoms with E-state index in [0.717, 1.165) is 4.47 Å². The molecule has 0 fully saturated rings. The SMILES string of the molecule is Cc1cc(Br)cc(C)c1CN(CC(C)C)C(=O)OC(C)(C)C. The van der Waals surface area contributed by atoms with Gasteiger partial charge < -0.3 is 9.64 Å². The van der Waals surface area contributed by atoms with Gasteiger partial charge in [0, 0.05) is 17.6 Å². The van der Waals surface area contributed by atoms with Crippen LogP contribution in [0.2, 0.25) is 0 Å². The summed E-state index contributed by atoms with van der Waals surface area (Å²) in [6.45, 7) is 15.3. The third-order valence-corrected chi connectivity index (χ3v) is 3.70. The molecule has 1 aromatic carbocycles. The number of hydrogen-bond acceptors (Lipinski definition) is 2. The van der Waals surface area contributed by atoms with Gasteiger partial charge in [-0.1, -0.05) is 29.8 Å². The van der Waals surface area contributed by atoms with Crippen molar-refractivity contribution in [1.29, 1.82) is 0 Å². The summed E-state index contributed by atoms with van der Waals surface area (Å²) in [5.74, 6) is 0.392. The minimum atomic E-state index is -0.476. The first kappa shape index (κ1) is 19.0. The van der Waals surface area contributed by atoms with Crippen LogP contribution in [0.15, 0.2) is 16.6 Å². The van der Waals surface area contributed by atoms with Crippen LogP contribution in [0, 0.1) is 19.8 Å². The van der Waals surface area contributed by atoms with E-state index in [-0.39, 0.29) is 6.09 Å². The molecule has 0 aliphatic carbocycles. The Morgan fingerprint density at radius 3 is 2.14 bits per heavy atom. The van der Waals surface area contributed by atoms with Crippen molar-refractivity contribution in [3.8, 4) is 0 Å². The fourth-order valence-electron chi connectivity index (χ4n) is 2.35. The van der Waals surface area contributed by atoms with Crippen LogP contribution in [0.4, 0.5) is 4.79 Å². The Kier molecular flexibility index (Phi) is 6.48. The third kappa shape index (κ3) is 5.99. The molecule has 0 saturated heterocycles. The first-order chi connectivity index (χ1) is 9.99. The second-order valence-corrected chi connectivity index (χ2v) is 8.19. The molecule has 1 rings (SSSR count). The lowest BCUT2D eigenvalue weighted by atomic mass is 10.0. The summed E-state index contributed by atoms with van der Waals surface area (Å²) < 4.78 is 6.62. The number of carbonyl (C=O) groups is 1. The molecule has 3 nitrogen and oxygen atoms in total. The maximum absolute atomic E-state index is 12.5. The summed E-state index contributed by atoms with van der Waals surface area (Å²) in [5.41, 5.74) is 3.08. The normalized spacial score (nSPS) is 11.7. The van der Waals surface area contributed by atoms with Gasteiger partial charge >= 0.3 is 6.09 Å². The highest BCUT2D eigenvalue weighted by atomic mass is 79.9. The van der Waals surface area contributed by atoms with Gasteiger partial charge in [0.25, 0.3) is 0 Å². The number of aryl methyl sites for hydroxylation is 2. The van der Waals surface area contributed by atoms with Gasteiger partial charge in [0.05, 0.1) is 0 Å². The minimum absolute atomic E-state index is 0.247. The smallest absolute Gasteiger partial charge is 0.410 e. The summed E-state index contributed by atoms with van der Waals surface area (Å²) >= 11 is 3.52. The Labute approximate surface area is 143 Å². The molecule has 0 bridgehead atoms. The minimum Gasteiger partial charge on any atom is -0.444 e. The lowest BCUT2D eigenvalue weighted by molar-refractivity contribution is 0.0210. The van der Waals surface area contributed by atoms with Crippen molar-refractivity contribution < 1.29 is 9.53 Å². The second kappa shape index (κ2) is 7.49. The number of ether oxygens (including phenoxy) is 1. The Morgan fingerprint density at radius 1 is 1.23 bits per heavy atom. The molecule has 0 N–H and O–H groups in total. The molecule has 1 amide bonds. The van der Waals surface area contributed by atoms with Crippen LogP contribution in [0.3, 0.4) is 0 Å². The molecule has 0 atom stereocenters. The van der Waals surface area contributed by atoms with E-state index in [1.807, 2.05) is 20.8 Å². The molecule has 0 heterocycles. The Balaban J connectivity index is 3.02. The monoisotopic (exact) mass is 369 g/mol. The Hall–Kier alpha value is -1.03. The van der Waals surface area contributed by atoms with Gasteiger partial charge in [-0.3, -0.25) is 0 Å². The summed E-state index contributed by atoms with van der Waals surface area (Å²) in [6, 6.07) is 4.18. The molecule has 0 aliphatic rings. The van der Waals surface area contributed by atoms with E-state index in [9.17, 15) is 4.79 Å². The zero-order chi connectivity index (χ0) is 17.1. The standard InChI is InChI=1S/C18H28BrNO2/c1-12(2)10-20(17(21)22-18(5,6)7)11-16-13(3)8-15(19)9-14(16)4/h8-9,12H,10-11H2,1-7H3. The molecule has 124 valence electrons. The van der Waals surface area contributed by atoms with Crippen LogP contribution in [-0.4, -0.2) is 23.1 Å². The molecule has 1 aromatic rings. The lowest BCUT2D eigenvalue weighted by Crippen LogP contribution is -2.38. The van der Waals surface area contributed by atoms with Crippen LogP contribution in [0.5, 0.6) is 0 Å². The fourth-order valence-corrected chi connectivity index (χ4v) is 3.04. The van der Waals surface area contributed by atoms with E-state index >= 15 is 0 Å². The molecule has 22 heavy (non-hydrogen) atoms. The van der Waals surface area contributed by atoms with Crippen LogP contribution < -0.4 is 0 Å². The maximum atomic E-state index is 12.5. The first-order valence-electron chi connectivity index (χ1n) is 7.73. The molecule has 0 unspecified atom stereocenters. The second-order valence-electron chi connectivity index (χ2n) is 7.27. The van der Waals surface area contributed by atoms with Gasteiger partial charge in [0.2, 0.25) is 0 Å². The van der Waals surface area contributed by atoms with E-state index in [4.69, 9.17) is 4.74 Å². The molecule has 0 aliphatic heterocycles. The molecular formula is C18H28BrNO2. The summed E-state index contributed by atoms with van der Waals surface area (Å²) in [5, 5.41) is 0. The summed E-state index contributed by atoms with van der Waals surface area (Å²) in [4.78, 5) is 14.3. The quantitative estimate of drug-likeness (QED) is 0.704. The molecular weight excluding hydrogens is 342 g/mol. The Morgan fingerprint density at radius 2 is 1.73 bits per heavy atom. The van der Waals surface area contributed by atoms with Gasteiger partial charge in [0.15, 0.2) is 0 Å². The van der Waals surface area contributed by atoms with Crippen molar-refractivity contribution in [3.05, 3.63) is 33.3 Å². The van der Waals surface area contributed by atoms with Crippen molar-refractivity contribution >= 4 is 22.0 Å². The van der Waals surface area contributed by atoms with E-state index < -0.39 is 5.60 Å². The van der Waals surface area contributed by atoms with Gasteiger partial charge in [-0.15, -0.1) is 0 Å². The number of carbonyl (C=O) groups excluding carboxylic acids is 1. The number of amides is 1. The van der Waals surface area contributed by atoms with Crippen molar-refractivity contribution in [2.24, 2.45) is 5.92 Å². The highest BCUT2D eigenvalue weighted by Crippen LogP contribution is 2.23. The van der Waals surface area contributed by atoms with E-state index in [1.54, 1.807) is 4.90 Å². The topological polar surface area (TPSA) is 29.5 Å². The summed E-state index contributed by atoms with van der Waals surface area (Å²) in [7, 11) is 0. The highest BCUT2D eigenvalue weighted by molar-refractivity contribution is 9.10. The zero-order valence-electron chi connectivity index (χ0n) is 14.8. The van der Waals surface area contributed by atoms with Crippen molar-refractivity contribution in [3.63, 3.8) is 0 Å². The largest absolute Gasteiger partial charge is 0.444 e. The predicted octanol–water partition coefficient (Wildman–Crippen LogP) is 5.46. The predicted molar refractivity (Wildman–Crippen MR) is 95.1 cm³/mol. The molecule has 0 spiro atoms. The first-order valence-corrected chi connectivity index (χ1v) is 8.52. The molecule has 4 heteroatoms. The number of rotatable bonds is 4. The van der Waals surface area contributed by atoms with Crippen LogP contribution in [-0.2, 0) is 11.3 Å². The van der Waals surface area contributed by atoms with Gasteiger partial charge in [-0.05, 0) is 69.4 Å². The number of hydrogen-bond donors (Lipinski definition) is 0. The van der Waals surface area contributed by atoms with Gasteiger partial charge in [0.1, 0.15) is 5.60 Å². The lowest BCUT2D eigenvalue weighted by Gasteiger charge is -2.29. The van der Waals surface area contributed by atoms with Crippen LogP contribution in [0.1, 0.15) is 51.3 Å². The molecule has 0 radical (unpaired) electrons. The van der Waals surface area contributed by atoms with Crippen molar-refractivity contribution in [1.82, 2.24) is 4.90 Å².